The van der Waals surface area contributed by atoms with E-state index in [2.05, 4.69) is 27.1 Å². The van der Waals surface area contributed by atoms with E-state index in [1.54, 1.807) is 30.3 Å². The molecule has 0 spiro atoms. The number of fused-ring (bicyclic) bond motifs is 3. The molecule has 44 heavy (non-hydrogen) atoms. The minimum absolute atomic E-state index is 0. The molecule has 0 bridgehead atoms. The Bertz CT molecular complexity index is 2660. The zero-order valence-corrected chi connectivity index (χ0v) is 25.1. The van der Waals surface area contributed by atoms with Crippen molar-refractivity contribution < 1.29 is 49.2 Å². The van der Waals surface area contributed by atoms with Crippen LogP contribution in [0.1, 0.15) is 58.2 Å². The Morgan fingerprint density at radius 3 is 2.25 bits per heavy atom. The van der Waals surface area contributed by atoms with Gasteiger partial charge in [-0.05, 0) is 85.6 Å². The smallest absolute Gasteiger partial charge is 0.216 e. The van der Waals surface area contributed by atoms with Crippen LogP contribution in [-0.2, 0) is 20.1 Å². The molecular weight excluding hydrogens is 719 g/mol. The third kappa shape index (κ3) is 6.40. The van der Waals surface area contributed by atoms with Gasteiger partial charge < -0.3 is 14.4 Å². The molecule has 0 N–H and O–H groups in total. The van der Waals surface area contributed by atoms with Crippen LogP contribution in [0.15, 0.2) is 95.7 Å². The molecule has 1 radical (unpaired) electrons. The van der Waals surface area contributed by atoms with Crippen LogP contribution >= 0.6 is 0 Å². The molecule has 0 atom stereocenters. The van der Waals surface area contributed by atoms with E-state index in [1.807, 2.05) is 0 Å². The second-order valence-electron chi connectivity index (χ2n) is 9.55. The van der Waals surface area contributed by atoms with Crippen molar-refractivity contribution in [1.29, 1.82) is 0 Å². The Kier molecular flexibility index (Phi) is 4.60. The molecule has 0 aliphatic carbocycles. The molecule has 7 aromatic rings. The second kappa shape index (κ2) is 13.1. The number of hydrogen-bond acceptors (Lipinski definition) is 4. The summed E-state index contributed by atoms with van der Waals surface area (Å²) in [5.41, 5.74) is 1.58. The van der Waals surface area contributed by atoms with Gasteiger partial charge in [-0.1, -0.05) is 59.8 Å². The second-order valence-corrected chi connectivity index (χ2v) is 9.55. The van der Waals surface area contributed by atoms with E-state index in [1.165, 1.54) is 48.7 Å². The molecule has 0 amide bonds. The van der Waals surface area contributed by atoms with Crippen LogP contribution in [0.3, 0.4) is 0 Å². The van der Waals surface area contributed by atoms with E-state index < -0.39 is 41.1 Å². The maximum atomic E-state index is 8.06. The van der Waals surface area contributed by atoms with E-state index in [4.69, 9.17) is 29.1 Å². The maximum absolute atomic E-state index is 8.06. The van der Waals surface area contributed by atoms with Gasteiger partial charge in [0, 0.05) is 68.3 Å². The van der Waals surface area contributed by atoms with Crippen LogP contribution in [0.25, 0.3) is 55.7 Å². The fourth-order valence-corrected chi connectivity index (χ4v) is 4.54. The number of aromatic nitrogens is 3. The van der Waals surface area contributed by atoms with Crippen molar-refractivity contribution in [3.63, 3.8) is 0 Å². The van der Waals surface area contributed by atoms with Gasteiger partial charge in [0.2, 0.25) is 5.71 Å². The predicted octanol–water partition coefficient (Wildman–Crippen LogP) is 9.91. The number of benzene rings is 3. The summed E-state index contributed by atoms with van der Waals surface area (Å²) in [5.74, 6) is 0. The first-order chi connectivity index (χ1) is 28.0. The minimum Gasteiger partial charge on any atom is -0.486 e. The van der Waals surface area contributed by atoms with Gasteiger partial charge in [0.15, 0.2) is 0 Å². The van der Waals surface area contributed by atoms with Crippen molar-refractivity contribution in [2.24, 2.45) is 0 Å². The van der Waals surface area contributed by atoms with E-state index in [0.29, 0.717) is 27.6 Å². The zero-order valence-electron chi connectivity index (χ0n) is 40.7. The van der Waals surface area contributed by atoms with Crippen molar-refractivity contribution in [1.82, 2.24) is 15.0 Å². The Labute approximate surface area is 297 Å². The Hall–Kier alpha value is -4.44. The van der Waals surface area contributed by atoms with Crippen LogP contribution in [-0.4, -0.2) is 15.0 Å². The fraction of sp³-hybridized carbons (Fsp3) is 0.154. The normalized spacial score (nSPS) is 18.5. The average molecular weight is 770 g/mol. The number of rotatable bonds is 3. The largest absolute Gasteiger partial charge is 0.486 e. The summed E-state index contributed by atoms with van der Waals surface area (Å²) >= 11 is 0. The van der Waals surface area contributed by atoms with Gasteiger partial charge in [0.1, 0.15) is 0 Å². The van der Waals surface area contributed by atoms with Gasteiger partial charge in [-0.3, -0.25) is 0 Å². The molecule has 0 aliphatic heterocycles. The van der Waals surface area contributed by atoms with Gasteiger partial charge in [-0.25, -0.2) is 4.98 Å². The standard InChI is InChI=1S/C26H21N2O.C13H12N.Ir/c1-15-8-10-19(16(2)12-15)23-13-24(27-14-17(23)3)22-7-5-6-20-21-11-9-18(4)28-26(21)29-25(20)22;1-10-3-6-12(7-4-10)13-8-5-11(2)9-14-13;/h5-6,8-14H,1-4H3;3-6,8-9H,1-2H3;/q2*-1;/i1D3,2D3,3D3,4D3;1D3,2D3;. The van der Waals surface area contributed by atoms with Gasteiger partial charge >= 0.3 is 0 Å². The minimum atomic E-state index is -2.76. The maximum Gasteiger partial charge on any atom is 0.216 e. The molecule has 0 saturated heterocycles. The molecule has 0 fully saturated rings. The molecule has 4 aromatic heterocycles. The van der Waals surface area contributed by atoms with E-state index in [-0.39, 0.29) is 81.7 Å². The number of aryl methyl sites for hydroxylation is 6. The summed E-state index contributed by atoms with van der Waals surface area (Å²) in [6.07, 6.45) is 2.42. The monoisotopic (exact) mass is 770 g/mol. The van der Waals surface area contributed by atoms with Crippen LogP contribution in [0.4, 0.5) is 0 Å². The number of pyridine rings is 3. The molecule has 0 aliphatic rings. The molecule has 3 aromatic carbocycles. The summed E-state index contributed by atoms with van der Waals surface area (Å²) < 4.78 is 144. The zero-order chi connectivity index (χ0) is 45.1. The molecule has 0 saturated carbocycles. The molecular formula is C39H33IrN3O-2. The number of nitrogens with zero attached hydrogens (tertiary/aromatic N) is 3. The molecule has 4 nitrogen and oxygen atoms in total. The summed E-state index contributed by atoms with van der Waals surface area (Å²) in [6.45, 7) is -14.8. The van der Waals surface area contributed by atoms with Crippen LogP contribution < -0.4 is 0 Å². The van der Waals surface area contributed by atoms with Gasteiger partial charge in [0.05, 0.1) is 5.58 Å². The van der Waals surface area contributed by atoms with Gasteiger partial charge in [-0.2, -0.15) is 0 Å². The third-order valence-electron chi connectivity index (χ3n) is 6.62. The topological polar surface area (TPSA) is 51.8 Å². The van der Waals surface area contributed by atoms with E-state index in [0.717, 1.165) is 12.3 Å². The third-order valence-corrected chi connectivity index (χ3v) is 6.62. The Morgan fingerprint density at radius 1 is 0.659 bits per heavy atom. The Morgan fingerprint density at radius 2 is 1.50 bits per heavy atom. The summed E-state index contributed by atoms with van der Waals surface area (Å²) in [6, 6.07) is 24.8. The van der Waals surface area contributed by atoms with E-state index >= 15 is 0 Å². The average Bonchev–Trinajstić information content (AvgIpc) is 3.54. The first kappa shape index (κ1) is 15.5. The van der Waals surface area contributed by atoms with Crippen molar-refractivity contribution in [2.45, 2.75) is 41.1 Å². The molecule has 0 unspecified atom stereocenters. The summed E-state index contributed by atoms with van der Waals surface area (Å²) in [7, 11) is 0. The Balaban J connectivity index is 0.000000291. The van der Waals surface area contributed by atoms with Crippen LogP contribution in [0.5, 0.6) is 0 Å². The van der Waals surface area contributed by atoms with Crippen molar-refractivity contribution in [3.05, 3.63) is 137 Å². The predicted molar refractivity (Wildman–Crippen MR) is 176 cm³/mol. The first-order valence-corrected chi connectivity index (χ1v) is 12.9. The summed E-state index contributed by atoms with van der Waals surface area (Å²) in [4.78, 5) is 12.6. The quantitative estimate of drug-likeness (QED) is 0.168. The fourth-order valence-electron chi connectivity index (χ4n) is 4.54. The van der Waals surface area contributed by atoms with Gasteiger partial charge in [0.25, 0.3) is 0 Å². The van der Waals surface area contributed by atoms with Crippen LogP contribution in [0.2, 0.25) is 0 Å². The first-order valence-electron chi connectivity index (χ1n) is 21.9. The van der Waals surface area contributed by atoms with Gasteiger partial charge in [-0.15, -0.1) is 53.6 Å². The molecule has 5 heteroatoms. The van der Waals surface area contributed by atoms with Crippen molar-refractivity contribution in [3.8, 4) is 33.6 Å². The van der Waals surface area contributed by atoms with Crippen LogP contribution in [0, 0.1) is 53.2 Å². The van der Waals surface area contributed by atoms with Crippen molar-refractivity contribution in [2.75, 3.05) is 0 Å². The summed E-state index contributed by atoms with van der Waals surface area (Å²) in [5, 5.41) is 1.14. The SMILES string of the molecule is [2H]C([2H])([2H])c1c[c-]c(-c2ccc(C([2H])([2H])[2H])cn2)cc1.[2H]C([2H])([2H])c1ccc(-c2cc(-c3[c-]ccc4c3oc3nc(C([2H])([2H])[2H])ccc34)ncc2C([2H])([2H])[2H])c(C([2H])([2H])[2H])c1.[Ir]. The number of furan rings is 1. The number of hydrogen-bond donors (Lipinski definition) is 0. The molecule has 221 valence electrons. The molecule has 4 heterocycles. The molecule has 7 rings (SSSR count). The van der Waals surface area contributed by atoms with E-state index in [9.17, 15) is 0 Å². The van der Waals surface area contributed by atoms with Crippen molar-refractivity contribution >= 4 is 22.1 Å².